The summed E-state index contributed by atoms with van der Waals surface area (Å²) < 4.78 is 4.90. The van der Waals surface area contributed by atoms with Gasteiger partial charge in [0.1, 0.15) is 0 Å². The average Bonchev–Trinajstić information content (AvgIpc) is 2.38. The van der Waals surface area contributed by atoms with E-state index in [4.69, 9.17) is 9.84 Å². The molecular weight excluding hydrogens is 232 g/mol. The highest BCUT2D eigenvalue weighted by Gasteiger charge is 2.12. The highest BCUT2D eigenvalue weighted by atomic mass is 16.5. The molecule has 0 aliphatic heterocycles. The molecule has 100 valence electrons. The lowest BCUT2D eigenvalue weighted by Gasteiger charge is -2.16. The molecule has 0 aliphatic rings. The highest BCUT2D eigenvalue weighted by molar-refractivity contribution is 5.94. The van der Waals surface area contributed by atoms with E-state index in [9.17, 15) is 4.79 Å². The van der Waals surface area contributed by atoms with E-state index in [1.54, 1.807) is 12.1 Å². The molecule has 5 heteroatoms. The van der Waals surface area contributed by atoms with E-state index < -0.39 is 0 Å². The lowest BCUT2D eigenvalue weighted by Crippen LogP contribution is -2.40. The van der Waals surface area contributed by atoms with E-state index in [1.807, 2.05) is 31.1 Å². The first-order valence-electron chi connectivity index (χ1n) is 5.76. The summed E-state index contributed by atoms with van der Waals surface area (Å²) in [4.78, 5) is 13.8. The number of hydrogen-bond donors (Lipinski definition) is 2. The zero-order valence-corrected chi connectivity index (χ0v) is 11.0. The Kier molecular flexibility index (Phi) is 5.61. The van der Waals surface area contributed by atoms with Gasteiger partial charge in [-0.2, -0.15) is 0 Å². The smallest absolute Gasteiger partial charge is 0.251 e. The third-order valence-corrected chi connectivity index (χ3v) is 2.57. The van der Waals surface area contributed by atoms with E-state index in [-0.39, 0.29) is 25.2 Å². The minimum Gasteiger partial charge on any atom is -0.394 e. The molecule has 2 N–H and O–H groups in total. The number of nitrogens with one attached hydrogen (secondary N) is 1. The highest BCUT2D eigenvalue weighted by Crippen LogP contribution is 2.12. The summed E-state index contributed by atoms with van der Waals surface area (Å²) in [5.41, 5.74) is 1.59. The maximum absolute atomic E-state index is 11.9. The Balaban J connectivity index is 2.66. The van der Waals surface area contributed by atoms with Crippen molar-refractivity contribution in [3.05, 3.63) is 29.8 Å². The van der Waals surface area contributed by atoms with Crippen LogP contribution in [-0.4, -0.2) is 51.5 Å². The number of nitrogens with zero attached hydrogens (tertiary/aromatic N) is 1. The summed E-state index contributed by atoms with van der Waals surface area (Å²) in [6, 6.07) is 6.88. The monoisotopic (exact) mass is 252 g/mol. The molecule has 0 saturated carbocycles. The van der Waals surface area contributed by atoms with Crippen molar-refractivity contribution >= 4 is 11.6 Å². The number of anilines is 1. The fraction of sp³-hybridized carbons (Fsp3) is 0.462. The van der Waals surface area contributed by atoms with Crippen molar-refractivity contribution in [3.8, 4) is 0 Å². The maximum Gasteiger partial charge on any atom is 0.251 e. The van der Waals surface area contributed by atoms with Gasteiger partial charge in [-0.1, -0.05) is 0 Å². The first-order valence-corrected chi connectivity index (χ1v) is 5.76. The van der Waals surface area contributed by atoms with E-state index >= 15 is 0 Å². The molecule has 0 radical (unpaired) electrons. The number of benzene rings is 1. The van der Waals surface area contributed by atoms with Gasteiger partial charge in [0.25, 0.3) is 5.91 Å². The summed E-state index contributed by atoms with van der Waals surface area (Å²) in [5.74, 6) is -0.212. The van der Waals surface area contributed by atoms with Crippen LogP contribution in [0.3, 0.4) is 0 Å². The van der Waals surface area contributed by atoms with Crippen LogP contribution in [0.2, 0.25) is 0 Å². The summed E-state index contributed by atoms with van der Waals surface area (Å²) in [5, 5.41) is 11.8. The van der Waals surface area contributed by atoms with Crippen LogP contribution in [0, 0.1) is 0 Å². The minimum absolute atomic E-state index is 0.143. The number of carbonyl (C=O) groups excluding carboxylic acids is 1. The number of rotatable bonds is 6. The van der Waals surface area contributed by atoms with Crippen LogP contribution in [-0.2, 0) is 4.74 Å². The molecule has 1 rings (SSSR count). The molecule has 0 heterocycles. The number of methoxy groups -OCH3 is 1. The second kappa shape index (κ2) is 6.98. The Labute approximate surface area is 107 Å². The Bertz CT molecular complexity index is 376. The van der Waals surface area contributed by atoms with Crippen LogP contribution in [0.1, 0.15) is 10.4 Å². The van der Waals surface area contributed by atoms with Crippen molar-refractivity contribution < 1.29 is 14.6 Å². The van der Waals surface area contributed by atoms with Crippen molar-refractivity contribution in [3.63, 3.8) is 0 Å². The van der Waals surface area contributed by atoms with E-state index in [2.05, 4.69) is 5.32 Å². The SMILES string of the molecule is COCC(CO)NC(=O)c1ccc(N(C)C)cc1. The number of ether oxygens (including phenoxy) is 1. The van der Waals surface area contributed by atoms with Gasteiger partial charge in [-0.15, -0.1) is 0 Å². The molecule has 0 aromatic heterocycles. The molecule has 1 aromatic carbocycles. The number of carbonyl (C=O) groups is 1. The quantitative estimate of drug-likeness (QED) is 0.773. The number of hydrogen-bond acceptors (Lipinski definition) is 4. The summed E-state index contributed by atoms with van der Waals surface area (Å²) in [6.07, 6.45) is 0. The first kappa shape index (κ1) is 14.5. The second-order valence-electron chi connectivity index (χ2n) is 4.25. The Hall–Kier alpha value is -1.59. The molecule has 1 amide bonds. The predicted molar refractivity (Wildman–Crippen MR) is 71.0 cm³/mol. The van der Waals surface area contributed by atoms with Crippen LogP contribution in [0.4, 0.5) is 5.69 Å². The second-order valence-corrected chi connectivity index (χ2v) is 4.25. The van der Waals surface area contributed by atoms with Gasteiger partial charge in [-0.05, 0) is 24.3 Å². The van der Waals surface area contributed by atoms with Gasteiger partial charge in [-0.3, -0.25) is 4.79 Å². The van der Waals surface area contributed by atoms with Crippen LogP contribution in [0.25, 0.3) is 0 Å². The largest absolute Gasteiger partial charge is 0.394 e. The fourth-order valence-electron chi connectivity index (χ4n) is 1.52. The van der Waals surface area contributed by atoms with Gasteiger partial charge in [0.05, 0.1) is 19.3 Å². The summed E-state index contributed by atoms with van der Waals surface area (Å²) in [6.45, 7) is 0.146. The normalized spacial score (nSPS) is 12.0. The fourth-order valence-corrected chi connectivity index (χ4v) is 1.52. The van der Waals surface area contributed by atoms with Gasteiger partial charge in [-0.25, -0.2) is 0 Å². The van der Waals surface area contributed by atoms with Crippen LogP contribution in [0.15, 0.2) is 24.3 Å². The molecule has 18 heavy (non-hydrogen) atoms. The van der Waals surface area contributed by atoms with Crippen LogP contribution < -0.4 is 10.2 Å². The zero-order valence-electron chi connectivity index (χ0n) is 11.0. The van der Waals surface area contributed by atoms with Crippen LogP contribution >= 0.6 is 0 Å². The molecule has 5 nitrogen and oxygen atoms in total. The van der Waals surface area contributed by atoms with Gasteiger partial charge in [0, 0.05) is 32.5 Å². The molecule has 0 spiro atoms. The van der Waals surface area contributed by atoms with Crippen molar-refractivity contribution in [1.29, 1.82) is 0 Å². The van der Waals surface area contributed by atoms with E-state index in [1.165, 1.54) is 7.11 Å². The number of aliphatic hydroxyl groups excluding tert-OH is 1. The standard InChI is InChI=1S/C13H20N2O3/c1-15(2)12-6-4-10(5-7-12)13(17)14-11(8-16)9-18-3/h4-7,11,16H,8-9H2,1-3H3,(H,14,17). The van der Waals surface area contributed by atoms with Gasteiger partial charge < -0.3 is 20.1 Å². The molecule has 0 saturated heterocycles. The van der Waals surface area contributed by atoms with Crippen molar-refractivity contribution in [2.75, 3.05) is 39.3 Å². The number of aliphatic hydroxyl groups is 1. The number of amides is 1. The van der Waals surface area contributed by atoms with Crippen molar-refractivity contribution in [1.82, 2.24) is 5.32 Å². The summed E-state index contributed by atoms with van der Waals surface area (Å²) in [7, 11) is 5.41. The minimum atomic E-state index is -0.379. The zero-order chi connectivity index (χ0) is 13.5. The van der Waals surface area contributed by atoms with Crippen molar-refractivity contribution in [2.45, 2.75) is 6.04 Å². The van der Waals surface area contributed by atoms with Gasteiger partial charge in [0.2, 0.25) is 0 Å². The Morgan fingerprint density at radius 3 is 2.44 bits per heavy atom. The van der Waals surface area contributed by atoms with E-state index in [0.29, 0.717) is 5.56 Å². The van der Waals surface area contributed by atoms with Gasteiger partial charge in [0.15, 0.2) is 0 Å². The molecule has 0 fully saturated rings. The first-order chi connectivity index (χ1) is 8.58. The molecular formula is C13H20N2O3. The molecule has 1 aromatic rings. The maximum atomic E-state index is 11.9. The van der Waals surface area contributed by atoms with Gasteiger partial charge >= 0.3 is 0 Å². The van der Waals surface area contributed by atoms with Crippen LogP contribution in [0.5, 0.6) is 0 Å². The summed E-state index contributed by atoms with van der Waals surface area (Å²) >= 11 is 0. The Morgan fingerprint density at radius 1 is 1.39 bits per heavy atom. The topological polar surface area (TPSA) is 61.8 Å². The predicted octanol–water partition coefficient (Wildman–Crippen LogP) is 0.490. The van der Waals surface area contributed by atoms with E-state index in [0.717, 1.165) is 5.69 Å². The average molecular weight is 252 g/mol. The molecule has 0 bridgehead atoms. The van der Waals surface area contributed by atoms with Crippen molar-refractivity contribution in [2.24, 2.45) is 0 Å². The lowest BCUT2D eigenvalue weighted by atomic mass is 10.1. The molecule has 1 atom stereocenters. The third-order valence-electron chi connectivity index (χ3n) is 2.57. The third kappa shape index (κ3) is 4.01. The molecule has 1 unspecified atom stereocenters. The lowest BCUT2D eigenvalue weighted by molar-refractivity contribution is 0.0839. The molecule has 0 aliphatic carbocycles. The Morgan fingerprint density at radius 2 is 2.00 bits per heavy atom.